The zero-order chi connectivity index (χ0) is 24.5. The molecule has 0 atom stereocenters. The number of hydrazone groups is 1. The standard InChI is InChI=1S/C24H19BrIN3O5/c1-33-18-9-6-15(7-10-18)24(32)34-21-11-8-17(25)12-16(21)13-28-29-22(30)14-27-23(31)19-4-2-3-5-20(19)26/h2-13H,14H2,1H3,(H,27,31)(H,29,30)/b28-13+. The highest BCUT2D eigenvalue weighted by Gasteiger charge is 2.13. The number of carbonyl (C=O) groups excluding carboxylic acids is 3. The van der Waals surface area contributed by atoms with Gasteiger partial charge in [0.1, 0.15) is 11.5 Å². The van der Waals surface area contributed by atoms with E-state index in [4.69, 9.17) is 9.47 Å². The Bertz CT molecular complexity index is 1230. The molecule has 10 heteroatoms. The lowest BCUT2D eigenvalue weighted by Crippen LogP contribution is -2.35. The fraction of sp³-hybridized carbons (Fsp3) is 0.0833. The summed E-state index contributed by atoms with van der Waals surface area (Å²) in [6.07, 6.45) is 1.35. The van der Waals surface area contributed by atoms with Crippen molar-refractivity contribution in [3.8, 4) is 11.5 Å². The van der Waals surface area contributed by atoms with Gasteiger partial charge in [-0.25, -0.2) is 10.2 Å². The van der Waals surface area contributed by atoms with Crippen LogP contribution in [-0.4, -0.2) is 37.7 Å². The van der Waals surface area contributed by atoms with Gasteiger partial charge in [0, 0.05) is 13.6 Å². The molecule has 2 N–H and O–H groups in total. The number of carbonyl (C=O) groups is 3. The lowest BCUT2D eigenvalue weighted by molar-refractivity contribution is -0.120. The number of rotatable bonds is 8. The van der Waals surface area contributed by atoms with E-state index in [2.05, 4.69) is 54.4 Å². The molecule has 0 radical (unpaired) electrons. The number of halogens is 2. The summed E-state index contributed by atoms with van der Waals surface area (Å²) in [6, 6.07) is 18.6. The molecule has 3 aromatic carbocycles. The number of amides is 2. The molecule has 3 rings (SSSR count). The molecule has 0 aliphatic carbocycles. The summed E-state index contributed by atoms with van der Waals surface area (Å²) in [5.74, 6) is -0.541. The predicted octanol–water partition coefficient (Wildman–Crippen LogP) is 4.16. The first-order chi connectivity index (χ1) is 16.4. The summed E-state index contributed by atoms with van der Waals surface area (Å²) in [4.78, 5) is 36.8. The van der Waals surface area contributed by atoms with Gasteiger partial charge in [-0.15, -0.1) is 0 Å². The molecule has 0 heterocycles. The van der Waals surface area contributed by atoms with Crippen LogP contribution in [0.4, 0.5) is 0 Å². The van der Waals surface area contributed by atoms with Crippen LogP contribution in [-0.2, 0) is 4.79 Å². The average molecular weight is 636 g/mol. The molecule has 0 spiro atoms. The number of nitrogens with one attached hydrogen (secondary N) is 2. The normalized spacial score (nSPS) is 10.6. The maximum absolute atomic E-state index is 12.5. The quantitative estimate of drug-likeness (QED) is 0.127. The fourth-order valence-electron chi connectivity index (χ4n) is 2.71. The molecule has 2 amide bonds. The summed E-state index contributed by atoms with van der Waals surface area (Å²) >= 11 is 5.41. The van der Waals surface area contributed by atoms with Gasteiger partial charge in [0.25, 0.3) is 11.8 Å². The average Bonchev–Trinajstić information content (AvgIpc) is 2.84. The lowest BCUT2D eigenvalue weighted by Gasteiger charge is -2.09. The van der Waals surface area contributed by atoms with Gasteiger partial charge in [-0.05, 0) is 77.2 Å². The van der Waals surface area contributed by atoms with Crippen molar-refractivity contribution in [1.29, 1.82) is 0 Å². The van der Waals surface area contributed by atoms with E-state index in [-0.39, 0.29) is 18.2 Å². The molecule has 0 aliphatic heterocycles. The largest absolute Gasteiger partial charge is 0.497 e. The van der Waals surface area contributed by atoms with Crippen LogP contribution in [0.15, 0.2) is 76.3 Å². The summed E-state index contributed by atoms with van der Waals surface area (Å²) in [5.41, 5.74) is 3.63. The Morgan fingerprint density at radius 2 is 1.79 bits per heavy atom. The third kappa shape index (κ3) is 7.12. The Kier molecular flexibility index (Phi) is 9.16. The van der Waals surface area contributed by atoms with Crippen LogP contribution < -0.4 is 20.2 Å². The molecular formula is C24H19BrIN3O5. The van der Waals surface area contributed by atoms with Crippen molar-refractivity contribution < 1.29 is 23.9 Å². The van der Waals surface area contributed by atoms with Crippen molar-refractivity contribution in [3.63, 3.8) is 0 Å². The number of methoxy groups -OCH3 is 1. The highest BCUT2D eigenvalue weighted by Crippen LogP contribution is 2.23. The van der Waals surface area contributed by atoms with Crippen LogP contribution in [0, 0.1) is 3.57 Å². The minimum absolute atomic E-state index is 0.251. The first-order valence-electron chi connectivity index (χ1n) is 9.88. The van der Waals surface area contributed by atoms with E-state index in [1.165, 1.54) is 13.3 Å². The Balaban J connectivity index is 1.60. The van der Waals surface area contributed by atoms with Crippen molar-refractivity contribution in [3.05, 3.63) is 91.5 Å². The van der Waals surface area contributed by atoms with Gasteiger partial charge in [0.05, 0.1) is 31.0 Å². The van der Waals surface area contributed by atoms with Crippen LogP contribution in [0.25, 0.3) is 0 Å². The molecule has 0 saturated heterocycles. The molecule has 34 heavy (non-hydrogen) atoms. The molecule has 0 unspecified atom stereocenters. The van der Waals surface area contributed by atoms with Crippen LogP contribution in [0.3, 0.4) is 0 Å². The second-order valence-corrected chi connectivity index (χ2v) is 8.83. The van der Waals surface area contributed by atoms with Gasteiger partial charge in [-0.1, -0.05) is 28.1 Å². The molecule has 174 valence electrons. The Hall–Kier alpha value is -3.25. The minimum atomic E-state index is -0.554. The van der Waals surface area contributed by atoms with E-state index in [9.17, 15) is 14.4 Å². The molecule has 8 nitrogen and oxygen atoms in total. The van der Waals surface area contributed by atoms with Gasteiger partial charge in [-0.2, -0.15) is 5.10 Å². The van der Waals surface area contributed by atoms with Crippen molar-refractivity contribution in [2.24, 2.45) is 5.10 Å². The molecule has 0 saturated carbocycles. The first-order valence-corrected chi connectivity index (χ1v) is 11.7. The zero-order valence-electron chi connectivity index (χ0n) is 17.9. The van der Waals surface area contributed by atoms with E-state index < -0.39 is 11.9 Å². The van der Waals surface area contributed by atoms with Gasteiger partial charge in [-0.3, -0.25) is 9.59 Å². The Labute approximate surface area is 218 Å². The summed E-state index contributed by atoms with van der Waals surface area (Å²) < 4.78 is 12.1. The van der Waals surface area contributed by atoms with Crippen molar-refractivity contribution in [2.75, 3.05) is 13.7 Å². The second kappa shape index (κ2) is 12.3. The number of hydrogen-bond donors (Lipinski definition) is 2. The highest BCUT2D eigenvalue weighted by molar-refractivity contribution is 14.1. The fourth-order valence-corrected chi connectivity index (χ4v) is 3.72. The number of esters is 1. The lowest BCUT2D eigenvalue weighted by atomic mass is 10.2. The van der Waals surface area contributed by atoms with Crippen LogP contribution in [0.1, 0.15) is 26.3 Å². The second-order valence-electron chi connectivity index (χ2n) is 6.76. The number of benzene rings is 3. The number of nitrogens with zero attached hydrogens (tertiary/aromatic N) is 1. The van der Waals surface area contributed by atoms with Gasteiger partial charge in [0.2, 0.25) is 0 Å². The molecule has 0 bridgehead atoms. The van der Waals surface area contributed by atoms with E-state index in [0.29, 0.717) is 22.4 Å². The Morgan fingerprint density at radius 3 is 2.50 bits per heavy atom. The van der Waals surface area contributed by atoms with E-state index in [0.717, 1.165) is 8.04 Å². The van der Waals surface area contributed by atoms with Gasteiger partial charge in [0.15, 0.2) is 0 Å². The number of ether oxygens (including phenoxy) is 2. The highest BCUT2D eigenvalue weighted by atomic mass is 127. The minimum Gasteiger partial charge on any atom is -0.497 e. The molecule has 0 aliphatic rings. The van der Waals surface area contributed by atoms with Crippen molar-refractivity contribution in [1.82, 2.24) is 10.7 Å². The van der Waals surface area contributed by atoms with Crippen LogP contribution in [0.5, 0.6) is 11.5 Å². The summed E-state index contributed by atoms with van der Waals surface area (Å²) in [7, 11) is 1.54. The summed E-state index contributed by atoms with van der Waals surface area (Å²) in [5, 5.41) is 6.45. The van der Waals surface area contributed by atoms with E-state index >= 15 is 0 Å². The summed E-state index contributed by atoms with van der Waals surface area (Å²) in [6.45, 7) is -0.251. The van der Waals surface area contributed by atoms with Crippen molar-refractivity contribution in [2.45, 2.75) is 0 Å². The topological polar surface area (TPSA) is 106 Å². The molecule has 0 fully saturated rings. The molecular weight excluding hydrogens is 617 g/mol. The van der Waals surface area contributed by atoms with Crippen molar-refractivity contribution >= 4 is 62.5 Å². The number of hydrogen-bond acceptors (Lipinski definition) is 6. The monoisotopic (exact) mass is 635 g/mol. The zero-order valence-corrected chi connectivity index (χ0v) is 21.6. The maximum Gasteiger partial charge on any atom is 0.343 e. The van der Waals surface area contributed by atoms with Gasteiger partial charge < -0.3 is 14.8 Å². The van der Waals surface area contributed by atoms with Gasteiger partial charge >= 0.3 is 5.97 Å². The smallest absolute Gasteiger partial charge is 0.343 e. The first kappa shape index (κ1) is 25.4. The third-order valence-corrected chi connectivity index (χ3v) is 5.86. The molecule has 3 aromatic rings. The van der Waals surface area contributed by atoms with E-state index in [1.807, 2.05) is 6.07 Å². The van der Waals surface area contributed by atoms with Crippen LogP contribution >= 0.6 is 38.5 Å². The Morgan fingerprint density at radius 1 is 1.06 bits per heavy atom. The van der Waals surface area contributed by atoms with E-state index in [1.54, 1.807) is 60.7 Å². The third-order valence-electron chi connectivity index (χ3n) is 4.42. The maximum atomic E-state index is 12.5. The SMILES string of the molecule is COc1ccc(C(=O)Oc2ccc(Br)cc2/C=N/NC(=O)CNC(=O)c2ccccc2I)cc1. The van der Waals surface area contributed by atoms with Crippen LogP contribution in [0.2, 0.25) is 0 Å². The predicted molar refractivity (Wildman–Crippen MR) is 139 cm³/mol. The molecule has 0 aromatic heterocycles.